The Morgan fingerprint density at radius 3 is 1.00 bits per heavy atom. The minimum Gasteiger partial charge on any atom is -0.344 e. The van der Waals surface area contributed by atoms with Crippen molar-refractivity contribution in [3.63, 3.8) is 0 Å². The Morgan fingerprint density at radius 2 is 0.895 bits per heavy atom. The van der Waals surface area contributed by atoms with Crippen LogP contribution in [-0.2, 0) is 10.4 Å². The van der Waals surface area contributed by atoms with E-state index < -0.39 is 10.4 Å². The number of rotatable bonds is 3. The summed E-state index contributed by atoms with van der Waals surface area (Å²) in [6, 6.07) is 12.0. The van der Waals surface area contributed by atoms with Gasteiger partial charge in [-0.25, -0.2) is 0 Å². The van der Waals surface area contributed by atoms with E-state index >= 15 is 0 Å². The highest BCUT2D eigenvalue weighted by atomic mass is 32.3. The lowest BCUT2D eigenvalue weighted by molar-refractivity contribution is 0.381. The molecule has 0 aliphatic carbocycles. The van der Waals surface area contributed by atoms with E-state index in [-0.39, 0.29) is 12.3 Å². The van der Waals surface area contributed by atoms with E-state index in [1.165, 1.54) is 25.7 Å². The molecule has 0 fully saturated rings. The van der Waals surface area contributed by atoms with Gasteiger partial charge in [0.05, 0.1) is 0 Å². The first kappa shape index (κ1) is 26.5. The van der Waals surface area contributed by atoms with Gasteiger partial charge in [0.15, 0.2) is 0 Å². The van der Waals surface area contributed by atoms with Gasteiger partial charge in [-0.1, -0.05) is 75.9 Å². The number of hydrogen-bond donors (Lipinski definition) is 4. The smallest absolute Gasteiger partial charge is 0.344 e. The first-order valence-electron chi connectivity index (χ1n) is 5.61. The van der Waals surface area contributed by atoms with Gasteiger partial charge in [-0.3, -0.25) is 9.11 Å². The lowest BCUT2D eigenvalue weighted by Crippen LogP contribution is -1.89. The average Bonchev–Trinajstić information content (AvgIpc) is 2.27. The second-order valence-corrected chi connectivity index (χ2v) is 4.21. The van der Waals surface area contributed by atoms with E-state index in [2.05, 4.69) is 13.8 Å². The highest BCUT2D eigenvalue weighted by molar-refractivity contribution is 7.79. The third-order valence-electron chi connectivity index (χ3n) is 1.62. The molecule has 0 aliphatic heterocycles. The van der Waals surface area contributed by atoms with Crippen LogP contribution in [-0.4, -0.2) is 17.5 Å². The summed E-state index contributed by atoms with van der Waals surface area (Å²) in [5.74, 6) is 0. The zero-order valence-electron chi connectivity index (χ0n) is 11.8. The second kappa shape index (κ2) is 19.4. The highest BCUT2D eigenvalue weighted by Crippen LogP contribution is 1.95. The molecule has 1 aromatic carbocycles. The van der Waals surface area contributed by atoms with E-state index in [9.17, 15) is 0 Å². The third-order valence-corrected chi connectivity index (χ3v) is 1.62. The lowest BCUT2D eigenvalue weighted by Gasteiger charge is -1.86. The number of hydrogen-bond acceptors (Lipinski definition) is 4. The van der Waals surface area contributed by atoms with E-state index in [4.69, 9.17) is 17.5 Å². The topological polar surface area (TPSA) is 145 Å². The quantitative estimate of drug-likeness (QED) is 0.491. The molecular formula is C12H28N2O4S. The van der Waals surface area contributed by atoms with Crippen molar-refractivity contribution in [3.05, 3.63) is 36.4 Å². The van der Waals surface area contributed by atoms with Crippen LogP contribution in [0.5, 0.6) is 0 Å². The molecule has 0 heterocycles. The lowest BCUT2D eigenvalue weighted by atomic mass is 10.2. The molecule has 0 radical (unpaired) electrons. The maximum absolute atomic E-state index is 8.74. The standard InChI is InChI=1S/C6H6.C6H14.2H3N.H2O4S/c1-2-4-6-5-3-1;1-3-5-6-4-2;;;1-5(2,3)4/h1-6H;3-6H2,1-2H3;2*1H3;(H2,1,2,3,4). The van der Waals surface area contributed by atoms with Gasteiger partial charge in [-0.05, 0) is 0 Å². The van der Waals surface area contributed by atoms with E-state index in [1.807, 2.05) is 36.4 Å². The third kappa shape index (κ3) is 59.7. The normalized spacial score (nSPS) is 8.42. The molecule has 1 aromatic rings. The molecule has 0 atom stereocenters. The number of unbranched alkanes of at least 4 members (excludes halogenated alkanes) is 3. The summed E-state index contributed by atoms with van der Waals surface area (Å²) >= 11 is 0. The van der Waals surface area contributed by atoms with Crippen LogP contribution in [0.1, 0.15) is 39.5 Å². The molecule has 8 N–H and O–H groups in total. The molecule has 0 unspecified atom stereocenters. The highest BCUT2D eigenvalue weighted by Gasteiger charge is 1.84. The van der Waals surface area contributed by atoms with Gasteiger partial charge in [0.2, 0.25) is 0 Å². The van der Waals surface area contributed by atoms with Crippen LogP contribution in [0.4, 0.5) is 0 Å². The van der Waals surface area contributed by atoms with Crippen molar-refractivity contribution in [1.29, 1.82) is 0 Å². The van der Waals surface area contributed by atoms with E-state index in [0.717, 1.165) is 0 Å². The first-order valence-corrected chi connectivity index (χ1v) is 7.01. The zero-order valence-corrected chi connectivity index (χ0v) is 12.6. The molecule has 7 heteroatoms. The van der Waals surface area contributed by atoms with Crippen molar-refractivity contribution in [2.75, 3.05) is 0 Å². The van der Waals surface area contributed by atoms with Gasteiger partial charge in [0.25, 0.3) is 0 Å². The Balaban J connectivity index is -0.0000000849. The molecule has 1 rings (SSSR count). The van der Waals surface area contributed by atoms with E-state index in [1.54, 1.807) is 0 Å². The SMILES string of the molecule is CCCCCC.N.N.O=S(=O)(O)O.c1ccccc1. The molecule has 0 aliphatic rings. The van der Waals surface area contributed by atoms with Crippen LogP contribution < -0.4 is 12.3 Å². The molecule has 0 bridgehead atoms. The fourth-order valence-electron chi connectivity index (χ4n) is 0.885. The van der Waals surface area contributed by atoms with Crippen LogP contribution in [0.25, 0.3) is 0 Å². The van der Waals surface area contributed by atoms with Crippen molar-refractivity contribution in [2.45, 2.75) is 39.5 Å². The van der Waals surface area contributed by atoms with Gasteiger partial charge >= 0.3 is 10.4 Å². The summed E-state index contributed by atoms with van der Waals surface area (Å²) in [6.07, 6.45) is 5.54. The van der Waals surface area contributed by atoms with Gasteiger partial charge in [-0.2, -0.15) is 8.42 Å². The predicted molar refractivity (Wildman–Crippen MR) is 80.5 cm³/mol. The average molecular weight is 296 g/mol. The van der Waals surface area contributed by atoms with Crippen LogP contribution >= 0.6 is 0 Å². The monoisotopic (exact) mass is 296 g/mol. The Bertz CT molecular complexity index is 292. The second-order valence-electron chi connectivity index (χ2n) is 3.31. The maximum atomic E-state index is 8.74. The molecule has 0 saturated carbocycles. The molecular weight excluding hydrogens is 268 g/mol. The molecule has 116 valence electrons. The first-order chi connectivity index (χ1) is 7.91. The predicted octanol–water partition coefficient (Wildman–Crippen LogP) is 3.94. The molecule has 0 amide bonds. The maximum Gasteiger partial charge on any atom is 0.394 e. The van der Waals surface area contributed by atoms with Crippen LogP contribution in [0, 0.1) is 0 Å². The summed E-state index contributed by atoms with van der Waals surface area (Å²) in [6.45, 7) is 4.46. The Morgan fingerprint density at radius 1 is 0.737 bits per heavy atom. The Kier molecular flexibility index (Phi) is 27.0. The molecule has 0 aromatic heterocycles. The summed E-state index contributed by atoms with van der Waals surface area (Å²) in [4.78, 5) is 0. The van der Waals surface area contributed by atoms with Gasteiger partial charge in [0.1, 0.15) is 0 Å². The molecule has 0 spiro atoms. The van der Waals surface area contributed by atoms with Gasteiger partial charge in [-0.15, -0.1) is 0 Å². The largest absolute Gasteiger partial charge is 0.394 e. The molecule has 0 saturated heterocycles. The summed E-state index contributed by atoms with van der Waals surface area (Å²) < 4.78 is 31.6. The van der Waals surface area contributed by atoms with Crippen molar-refractivity contribution in [2.24, 2.45) is 0 Å². The molecule has 19 heavy (non-hydrogen) atoms. The molecule has 6 nitrogen and oxygen atoms in total. The summed E-state index contributed by atoms with van der Waals surface area (Å²) in [5, 5.41) is 0. The summed E-state index contributed by atoms with van der Waals surface area (Å²) in [5.41, 5.74) is 0. The van der Waals surface area contributed by atoms with Crippen molar-refractivity contribution in [1.82, 2.24) is 12.3 Å². The number of benzene rings is 1. The van der Waals surface area contributed by atoms with Crippen LogP contribution in [0.2, 0.25) is 0 Å². The van der Waals surface area contributed by atoms with Gasteiger partial charge < -0.3 is 12.3 Å². The fraction of sp³-hybridized carbons (Fsp3) is 0.500. The van der Waals surface area contributed by atoms with E-state index in [0.29, 0.717) is 0 Å². The Hall–Kier alpha value is -0.990. The van der Waals surface area contributed by atoms with Crippen molar-refractivity contribution in [3.8, 4) is 0 Å². The van der Waals surface area contributed by atoms with Crippen molar-refractivity contribution < 1.29 is 17.5 Å². The van der Waals surface area contributed by atoms with Crippen molar-refractivity contribution >= 4 is 10.4 Å². The Labute approximate surface area is 117 Å². The minimum atomic E-state index is -4.67. The zero-order chi connectivity index (χ0) is 13.6. The summed E-state index contributed by atoms with van der Waals surface area (Å²) in [7, 11) is -4.67. The van der Waals surface area contributed by atoms with Crippen LogP contribution in [0.3, 0.4) is 0 Å². The van der Waals surface area contributed by atoms with Crippen LogP contribution in [0.15, 0.2) is 36.4 Å². The fourth-order valence-corrected chi connectivity index (χ4v) is 0.885. The minimum absolute atomic E-state index is 0. The van der Waals surface area contributed by atoms with Gasteiger partial charge in [0, 0.05) is 0 Å².